The van der Waals surface area contributed by atoms with Crippen LogP contribution in [0, 0.1) is 22.7 Å². The summed E-state index contributed by atoms with van der Waals surface area (Å²) in [5.74, 6) is 0.740. The van der Waals surface area contributed by atoms with Crippen molar-refractivity contribution in [1.82, 2.24) is 0 Å². The highest BCUT2D eigenvalue weighted by Gasteiger charge is 2.56. The van der Waals surface area contributed by atoms with Gasteiger partial charge in [0, 0.05) is 30.1 Å². The Hall–Kier alpha value is -0.960. The lowest BCUT2D eigenvalue weighted by molar-refractivity contribution is -0.120. The lowest BCUT2D eigenvalue weighted by Crippen LogP contribution is -2.45. The van der Waals surface area contributed by atoms with Crippen LogP contribution in [0.2, 0.25) is 0 Å². The van der Waals surface area contributed by atoms with Crippen LogP contribution in [-0.4, -0.2) is 17.0 Å². The molecule has 0 aromatic rings. The zero-order valence-corrected chi connectivity index (χ0v) is 13.5. The second-order valence-corrected chi connectivity index (χ2v) is 8.31. The SMILES string of the molecule is C[C@]12CCC(=O)CC1=C(F)C[C@@H]1C2=CC[C@]2(C)[C@@H](O)CC[C@@H]12. The molecule has 0 spiro atoms. The Morgan fingerprint density at radius 2 is 2.09 bits per heavy atom. The van der Waals surface area contributed by atoms with Crippen molar-refractivity contribution in [3.63, 3.8) is 0 Å². The summed E-state index contributed by atoms with van der Waals surface area (Å²) in [6, 6.07) is 0. The molecular formula is C19H25FO2. The van der Waals surface area contributed by atoms with E-state index in [-0.39, 0.29) is 34.5 Å². The van der Waals surface area contributed by atoms with Gasteiger partial charge in [0.2, 0.25) is 0 Å². The molecule has 22 heavy (non-hydrogen) atoms. The van der Waals surface area contributed by atoms with Crippen LogP contribution in [0.15, 0.2) is 23.0 Å². The molecule has 1 N–H and O–H groups in total. The molecule has 3 heteroatoms. The van der Waals surface area contributed by atoms with Crippen LogP contribution >= 0.6 is 0 Å². The predicted molar refractivity (Wildman–Crippen MR) is 82.7 cm³/mol. The first-order valence-corrected chi connectivity index (χ1v) is 8.64. The maximum absolute atomic E-state index is 14.8. The molecular weight excluding hydrogens is 279 g/mol. The van der Waals surface area contributed by atoms with E-state index in [4.69, 9.17) is 0 Å². The fraction of sp³-hybridized carbons (Fsp3) is 0.737. The van der Waals surface area contributed by atoms with Crippen LogP contribution in [0.3, 0.4) is 0 Å². The van der Waals surface area contributed by atoms with Crippen LogP contribution in [-0.2, 0) is 4.79 Å². The maximum atomic E-state index is 14.8. The van der Waals surface area contributed by atoms with Gasteiger partial charge in [-0.25, -0.2) is 4.39 Å². The number of aliphatic hydroxyl groups is 1. The second-order valence-electron chi connectivity index (χ2n) is 8.31. The number of allylic oxidation sites excluding steroid dienone is 4. The zero-order valence-electron chi connectivity index (χ0n) is 13.5. The molecule has 0 bridgehead atoms. The number of carbonyl (C=O) groups excluding carboxylic acids is 1. The summed E-state index contributed by atoms with van der Waals surface area (Å²) in [6.45, 7) is 4.31. The molecule has 2 saturated carbocycles. The molecule has 2 nitrogen and oxygen atoms in total. The predicted octanol–water partition coefficient (Wildman–Crippen LogP) is 4.10. The summed E-state index contributed by atoms with van der Waals surface area (Å²) >= 11 is 0. The van der Waals surface area contributed by atoms with Crippen LogP contribution < -0.4 is 0 Å². The summed E-state index contributed by atoms with van der Waals surface area (Å²) in [6.07, 6.45) is 6.83. The van der Waals surface area contributed by atoms with Crippen molar-refractivity contribution in [2.24, 2.45) is 22.7 Å². The van der Waals surface area contributed by atoms with Crippen molar-refractivity contribution in [2.45, 2.75) is 64.9 Å². The van der Waals surface area contributed by atoms with Crippen molar-refractivity contribution in [3.8, 4) is 0 Å². The van der Waals surface area contributed by atoms with E-state index in [0.717, 1.165) is 31.3 Å². The van der Waals surface area contributed by atoms with Gasteiger partial charge in [-0.3, -0.25) is 4.79 Å². The number of hydrogen-bond donors (Lipinski definition) is 1. The lowest BCUT2D eigenvalue weighted by Gasteiger charge is -2.52. The molecule has 0 radical (unpaired) electrons. The second kappa shape index (κ2) is 4.53. The van der Waals surface area contributed by atoms with Gasteiger partial charge in [0.05, 0.1) is 6.10 Å². The number of hydrogen-bond acceptors (Lipinski definition) is 2. The Kier molecular flexibility index (Phi) is 3.01. The number of carbonyl (C=O) groups is 1. The largest absolute Gasteiger partial charge is 0.393 e. The highest BCUT2D eigenvalue weighted by atomic mass is 19.1. The van der Waals surface area contributed by atoms with Crippen molar-refractivity contribution in [1.29, 1.82) is 0 Å². The number of Topliss-reactive ketones (excluding diaryl/α,β-unsaturated/α-hetero) is 1. The standard InChI is InChI=1S/C19H25FO2/c1-18-7-5-11(21)9-15(18)16(20)10-12-13-3-4-17(22)19(13,2)8-6-14(12)18/h6,12-13,17,22H,3-5,7-10H2,1-2H3/t12-,13-,17-,18+,19-/m0/s1. The van der Waals surface area contributed by atoms with Gasteiger partial charge >= 0.3 is 0 Å². The highest BCUT2D eigenvalue weighted by Crippen LogP contribution is 2.63. The molecule has 4 rings (SSSR count). The number of rotatable bonds is 0. The van der Waals surface area contributed by atoms with E-state index in [9.17, 15) is 14.3 Å². The normalized spacial score (nSPS) is 47.7. The van der Waals surface area contributed by atoms with Gasteiger partial charge in [-0.1, -0.05) is 25.5 Å². The third-order valence-electron chi connectivity index (χ3n) is 7.31. The third kappa shape index (κ3) is 1.72. The molecule has 4 aliphatic carbocycles. The quantitative estimate of drug-likeness (QED) is 0.684. The fourth-order valence-corrected chi connectivity index (χ4v) is 5.83. The van der Waals surface area contributed by atoms with Gasteiger partial charge in [0.1, 0.15) is 11.6 Å². The van der Waals surface area contributed by atoms with Gasteiger partial charge in [0.25, 0.3) is 0 Å². The zero-order chi connectivity index (χ0) is 15.7. The van der Waals surface area contributed by atoms with E-state index in [1.54, 1.807) is 0 Å². The molecule has 0 aromatic heterocycles. The Labute approximate surface area is 131 Å². The van der Waals surface area contributed by atoms with Gasteiger partial charge in [-0.15, -0.1) is 0 Å². The van der Waals surface area contributed by atoms with Crippen LogP contribution in [0.5, 0.6) is 0 Å². The number of fused-ring (bicyclic) bond motifs is 5. The molecule has 0 aliphatic heterocycles. The molecule has 0 aromatic carbocycles. The summed E-state index contributed by atoms with van der Waals surface area (Å²) in [5.41, 5.74) is 1.78. The smallest absolute Gasteiger partial charge is 0.137 e. The molecule has 0 amide bonds. The van der Waals surface area contributed by atoms with Gasteiger partial charge in [-0.05, 0) is 43.1 Å². The Bertz CT molecular complexity index is 605. The molecule has 5 atom stereocenters. The van der Waals surface area contributed by atoms with Crippen molar-refractivity contribution < 1.29 is 14.3 Å². The van der Waals surface area contributed by atoms with Crippen molar-refractivity contribution in [2.75, 3.05) is 0 Å². The number of aliphatic hydroxyl groups excluding tert-OH is 1. The first kappa shape index (κ1) is 14.6. The maximum Gasteiger partial charge on any atom is 0.137 e. The van der Waals surface area contributed by atoms with Crippen LogP contribution in [0.4, 0.5) is 4.39 Å². The first-order valence-electron chi connectivity index (χ1n) is 8.64. The van der Waals surface area contributed by atoms with Crippen molar-refractivity contribution in [3.05, 3.63) is 23.0 Å². The first-order chi connectivity index (χ1) is 10.4. The van der Waals surface area contributed by atoms with Gasteiger partial charge < -0.3 is 5.11 Å². The Morgan fingerprint density at radius 3 is 2.86 bits per heavy atom. The number of ketones is 1. The van der Waals surface area contributed by atoms with E-state index in [1.807, 2.05) is 0 Å². The van der Waals surface area contributed by atoms with E-state index >= 15 is 0 Å². The summed E-state index contributed by atoms with van der Waals surface area (Å²) in [7, 11) is 0. The Morgan fingerprint density at radius 1 is 1.32 bits per heavy atom. The molecule has 2 fully saturated rings. The highest BCUT2D eigenvalue weighted by molar-refractivity contribution is 5.83. The van der Waals surface area contributed by atoms with Crippen molar-refractivity contribution >= 4 is 5.78 Å². The minimum atomic E-state index is -0.260. The minimum absolute atomic E-state index is 0.0386. The van der Waals surface area contributed by atoms with Crippen LogP contribution in [0.1, 0.15) is 58.8 Å². The van der Waals surface area contributed by atoms with Gasteiger partial charge in [0.15, 0.2) is 0 Å². The molecule has 120 valence electrons. The number of halogens is 1. The lowest BCUT2D eigenvalue weighted by atomic mass is 9.52. The monoisotopic (exact) mass is 304 g/mol. The average Bonchev–Trinajstić information content (AvgIpc) is 2.77. The minimum Gasteiger partial charge on any atom is -0.393 e. The van der Waals surface area contributed by atoms with Gasteiger partial charge in [-0.2, -0.15) is 0 Å². The fourth-order valence-electron chi connectivity index (χ4n) is 5.83. The van der Waals surface area contributed by atoms with E-state index in [2.05, 4.69) is 19.9 Å². The third-order valence-corrected chi connectivity index (χ3v) is 7.31. The average molecular weight is 304 g/mol. The molecule has 0 saturated heterocycles. The Balaban J connectivity index is 1.80. The van der Waals surface area contributed by atoms with Crippen LogP contribution in [0.25, 0.3) is 0 Å². The molecule has 0 unspecified atom stereocenters. The topological polar surface area (TPSA) is 37.3 Å². The van der Waals surface area contributed by atoms with E-state index in [0.29, 0.717) is 25.2 Å². The summed E-state index contributed by atoms with van der Waals surface area (Å²) in [4.78, 5) is 11.8. The van der Waals surface area contributed by atoms with E-state index in [1.165, 1.54) is 5.57 Å². The summed E-state index contributed by atoms with van der Waals surface area (Å²) in [5, 5.41) is 10.4. The molecule has 4 aliphatic rings. The van der Waals surface area contributed by atoms with E-state index < -0.39 is 0 Å². The summed E-state index contributed by atoms with van der Waals surface area (Å²) < 4.78 is 14.8. The molecule has 0 heterocycles.